The molecule has 7 heteroatoms. The molecule has 1 aliphatic rings. The van der Waals surface area contributed by atoms with Crippen molar-refractivity contribution in [2.45, 2.75) is 58.3 Å². The van der Waals surface area contributed by atoms with Gasteiger partial charge in [-0.25, -0.2) is 4.68 Å². The number of ether oxygens (including phenoxy) is 1. The molecule has 0 spiro atoms. The van der Waals surface area contributed by atoms with Gasteiger partial charge < -0.3 is 10.1 Å². The lowest BCUT2D eigenvalue weighted by molar-refractivity contribution is 0.0951. The highest BCUT2D eigenvalue weighted by Crippen LogP contribution is 2.27. The van der Waals surface area contributed by atoms with Crippen LogP contribution < -0.4 is 10.1 Å². The molecule has 0 aromatic carbocycles. The van der Waals surface area contributed by atoms with Crippen molar-refractivity contribution in [2.75, 3.05) is 13.7 Å². The maximum atomic E-state index is 12.6. The van der Waals surface area contributed by atoms with E-state index in [2.05, 4.69) is 20.6 Å². The Morgan fingerprint density at radius 2 is 2.07 bits per heavy atom. The number of methoxy groups -OCH3 is 1. The lowest BCUT2D eigenvalue weighted by Crippen LogP contribution is -2.26. The molecule has 7 nitrogen and oxygen atoms in total. The number of hydrogen-bond donors (Lipinski definition) is 1. The van der Waals surface area contributed by atoms with E-state index in [0.29, 0.717) is 30.2 Å². The Hall–Kier alpha value is -2.44. The van der Waals surface area contributed by atoms with Gasteiger partial charge in [-0.1, -0.05) is 39.0 Å². The summed E-state index contributed by atoms with van der Waals surface area (Å²) in [5.74, 6) is 1.80. The second kappa shape index (κ2) is 9.48. The van der Waals surface area contributed by atoms with E-state index in [1.54, 1.807) is 30.1 Å². The fraction of sp³-hybridized carbons (Fsp3) is 0.600. The molecule has 0 aliphatic heterocycles. The fourth-order valence-electron chi connectivity index (χ4n) is 3.80. The number of carbonyl (C=O) groups is 1. The maximum absolute atomic E-state index is 12.6. The number of carbonyl (C=O) groups excluding carboxylic acids is 1. The first-order valence-corrected chi connectivity index (χ1v) is 9.96. The normalized spacial score (nSPS) is 14.9. The zero-order chi connectivity index (χ0) is 19.1. The summed E-state index contributed by atoms with van der Waals surface area (Å²) in [4.78, 5) is 12.6. The molecular formula is C20H29N5O2. The molecular weight excluding hydrogens is 342 g/mol. The molecule has 0 radical (unpaired) electrons. The lowest BCUT2D eigenvalue weighted by atomic mass is 9.86. The van der Waals surface area contributed by atoms with Gasteiger partial charge in [-0.15, -0.1) is 10.2 Å². The van der Waals surface area contributed by atoms with Gasteiger partial charge in [0.1, 0.15) is 0 Å². The van der Waals surface area contributed by atoms with E-state index in [-0.39, 0.29) is 5.91 Å². The van der Waals surface area contributed by atoms with E-state index in [0.717, 1.165) is 18.0 Å². The van der Waals surface area contributed by atoms with Crippen molar-refractivity contribution in [1.29, 1.82) is 0 Å². The van der Waals surface area contributed by atoms with Crippen LogP contribution in [0.1, 0.15) is 67.9 Å². The first-order chi connectivity index (χ1) is 13.2. The van der Waals surface area contributed by atoms with Gasteiger partial charge in [-0.3, -0.25) is 4.79 Å². The zero-order valence-electron chi connectivity index (χ0n) is 16.3. The van der Waals surface area contributed by atoms with Crippen molar-refractivity contribution in [3.63, 3.8) is 0 Å². The van der Waals surface area contributed by atoms with Crippen molar-refractivity contribution in [3.8, 4) is 11.7 Å². The Morgan fingerprint density at radius 1 is 1.26 bits per heavy atom. The van der Waals surface area contributed by atoms with Gasteiger partial charge in [0.2, 0.25) is 5.88 Å². The Kier molecular flexibility index (Phi) is 6.79. The minimum atomic E-state index is -0.0665. The number of amides is 1. The second-order valence-corrected chi connectivity index (χ2v) is 7.11. The first-order valence-electron chi connectivity index (χ1n) is 9.96. The monoisotopic (exact) mass is 371 g/mol. The summed E-state index contributed by atoms with van der Waals surface area (Å²) in [5, 5.41) is 15.5. The molecule has 2 aromatic heterocycles. The molecule has 1 fully saturated rings. The summed E-state index contributed by atoms with van der Waals surface area (Å²) in [5.41, 5.74) is 1.44. The van der Waals surface area contributed by atoms with Crippen LogP contribution in [0.25, 0.3) is 5.82 Å². The fourth-order valence-corrected chi connectivity index (χ4v) is 3.80. The number of hydrogen-bond acceptors (Lipinski definition) is 5. The van der Waals surface area contributed by atoms with Crippen LogP contribution in [0, 0.1) is 5.92 Å². The highest BCUT2D eigenvalue weighted by molar-refractivity contribution is 5.95. The Morgan fingerprint density at radius 3 is 2.74 bits per heavy atom. The third-order valence-electron chi connectivity index (χ3n) is 5.30. The third-order valence-corrected chi connectivity index (χ3v) is 5.30. The van der Waals surface area contributed by atoms with E-state index in [1.807, 2.05) is 6.92 Å². The molecule has 0 bridgehead atoms. The number of nitrogens with zero attached hydrogens (tertiary/aromatic N) is 4. The minimum Gasteiger partial charge on any atom is -0.480 e. The van der Waals surface area contributed by atoms with Gasteiger partial charge >= 0.3 is 0 Å². The van der Waals surface area contributed by atoms with Crippen molar-refractivity contribution >= 4 is 5.91 Å². The molecule has 2 heterocycles. The second-order valence-electron chi connectivity index (χ2n) is 7.11. The lowest BCUT2D eigenvalue weighted by Gasteiger charge is -2.21. The van der Waals surface area contributed by atoms with Gasteiger partial charge in [0, 0.05) is 12.6 Å². The third kappa shape index (κ3) is 4.84. The summed E-state index contributed by atoms with van der Waals surface area (Å²) < 4.78 is 6.71. The molecule has 146 valence electrons. The Balaban J connectivity index is 1.58. The molecule has 1 amide bonds. The smallest absolute Gasteiger partial charge is 0.254 e. The van der Waals surface area contributed by atoms with Gasteiger partial charge in [-0.05, 0) is 31.2 Å². The van der Waals surface area contributed by atoms with E-state index < -0.39 is 0 Å². The van der Waals surface area contributed by atoms with Crippen LogP contribution in [0.2, 0.25) is 0 Å². The predicted octanol–water partition coefficient (Wildman–Crippen LogP) is 3.32. The Bertz CT molecular complexity index is 735. The van der Waals surface area contributed by atoms with E-state index in [9.17, 15) is 4.79 Å². The topological polar surface area (TPSA) is 81.9 Å². The molecule has 0 atom stereocenters. The molecule has 1 saturated carbocycles. The summed E-state index contributed by atoms with van der Waals surface area (Å²) in [6.07, 6.45) is 11.4. The van der Waals surface area contributed by atoms with Crippen molar-refractivity contribution < 1.29 is 9.53 Å². The summed E-state index contributed by atoms with van der Waals surface area (Å²) in [6.45, 7) is 2.72. The Labute approximate surface area is 160 Å². The first kappa shape index (κ1) is 19.3. The van der Waals surface area contributed by atoms with E-state index in [1.165, 1.54) is 38.5 Å². The molecule has 3 rings (SSSR count). The van der Waals surface area contributed by atoms with Crippen molar-refractivity contribution in [3.05, 3.63) is 29.6 Å². The van der Waals surface area contributed by atoms with Crippen molar-refractivity contribution in [2.24, 2.45) is 5.92 Å². The van der Waals surface area contributed by atoms with Gasteiger partial charge in [0.25, 0.3) is 5.91 Å². The SMILES string of the molecule is CCc1c(C(=O)NCCCC2CCCCC2)cnn1-c1ccc(OC)nn1. The largest absolute Gasteiger partial charge is 0.480 e. The average Bonchev–Trinajstić information content (AvgIpc) is 3.16. The predicted molar refractivity (Wildman–Crippen MR) is 103 cm³/mol. The highest BCUT2D eigenvalue weighted by Gasteiger charge is 2.18. The van der Waals surface area contributed by atoms with E-state index >= 15 is 0 Å². The molecule has 0 saturated heterocycles. The van der Waals surface area contributed by atoms with Crippen LogP contribution in [-0.2, 0) is 6.42 Å². The van der Waals surface area contributed by atoms with Gasteiger partial charge in [-0.2, -0.15) is 5.10 Å². The minimum absolute atomic E-state index is 0.0665. The number of aromatic nitrogens is 4. The van der Waals surface area contributed by atoms with Crippen LogP contribution in [0.4, 0.5) is 0 Å². The standard InChI is InChI=1S/C20H29N5O2/c1-3-17-16(14-22-25(17)18-11-12-19(27-2)24-23-18)20(26)21-13-7-10-15-8-5-4-6-9-15/h11-12,14-15H,3-10,13H2,1-2H3,(H,21,26). The molecule has 1 N–H and O–H groups in total. The quantitative estimate of drug-likeness (QED) is 0.720. The number of rotatable bonds is 8. The maximum Gasteiger partial charge on any atom is 0.254 e. The highest BCUT2D eigenvalue weighted by atomic mass is 16.5. The molecule has 1 aliphatic carbocycles. The summed E-state index contributed by atoms with van der Waals surface area (Å²) >= 11 is 0. The van der Waals surface area contributed by atoms with Crippen molar-refractivity contribution in [1.82, 2.24) is 25.3 Å². The van der Waals surface area contributed by atoms with Gasteiger partial charge in [0.15, 0.2) is 5.82 Å². The number of nitrogens with one attached hydrogen (secondary N) is 1. The van der Waals surface area contributed by atoms with Crippen LogP contribution in [0.3, 0.4) is 0 Å². The average molecular weight is 371 g/mol. The summed E-state index contributed by atoms with van der Waals surface area (Å²) in [6, 6.07) is 3.51. The zero-order valence-corrected chi connectivity index (χ0v) is 16.3. The molecule has 2 aromatic rings. The van der Waals surface area contributed by atoms with Crippen LogP contribution >= 0.6 is 0 Å². The molecule has 0 unspecified atom stereocenters. The molecule has 27 heavy (non-hydrogen) atoms. The van der Waals surface area contributed by atoms with E-state index in [4.69, 9.17) is 4.74 Å². The summed E-state index contributed by atoms with van der Waals surface area (Å²) in [7, 11) is 1.55. The van der Waals surface area contributed by atoms with Gasteiger partial charge in [0.05, 0.1) is 24.6 Å². The van der Waals surface area contributed by atoms with Crippen LogP contribution in [-0.4, -0.2) is 39.5 Å². The van der Waals surface area contributed by atoms with Crippen LogP contribution in [0.15, 0.2) is 18.3 Å². The van der Waals surface area contributed by atoms with Crippen LogP contribution in [0.5, 0.6) is 5.88 Å².